The van der Waals surface area contributed by atoms with Gasteiger partial charge in [0.1, 0.15) is 6.42 Å². The molecule has 0 aliphatic carbocycles. The molecule has 1 aromatic heterocycles. The number of carbonyl (C=O) groups excluding carboxylic acids is 1. The molecule has 0 bridgehead atoms. The van der Waals surface area contributed by atoms with Gasteiger partial charge in [-0.25, -0.2) is 4.79 Å². The molecule has 1 heterocycles. The summed E-state index contributed by atoms with van der Waals surface area (Å²) in [7, 11) is 1.28. The third-order valence-corrected chi connectivity index (χ3v) is 2.32. The zero-order chi connectivity index (χ0) is 11.3. The van der Waals surface area contributed by atoms with E-state index >= 15 is 0 Å². The molecule has 1 rings (SSSR count). The van der Waals surface area contributed by atoms with Gasteiger partial charge < -0.3 is 9.84 Å². The van der Waals surface area contributed by atoms with E-state index in [1.807, 2.05) is 0 Å². The normalized spacial score (nSPS) is 8.87. The van der Waals surface area contributed by atoms with Gasteiger partial charge >= 0.3 is 11.9 Å². The number of carboxylic acids is 1. The second-order valence-corrected chi connectivity index (χ2v) is 3.30. The van der Waals surface area contributed by atoms with E-state index in [-0.39, 0.29) is 12.0 Å². The molecule has 0 fully saturated rings. The summed E-state index contributed by atoms with van der Waals surface area (Å²) in [5.74, 6) is 3.72. The lowest BCUT2D eigenvalue weighted by Crippen LogP contribution is -1.98. The fourth-order valence-electron chi connectivity index (χ4n) is 0.843. The lowest BCUT2D eigenvalue weighted by Gasteiger charge is -1.90. The summed E-state index contributed by atoms with van der Waals surface area (Å²) < 4.78 is 4.39. The van der Waals surface area contributed by atoms with Crippen molar-refractivity contribution in [2.75, 3.05) is 7.11 Å². The van der Waals surface area contributed by atoms with Gasteiger partial charge in [-0.1, -0.05) is 11.8 Å². The number of carbonyl (C=O) groups is 2. The van der Waals surface area contributed by atoms with Crippen molar-refractivity contribution >= 4 is 23.3 Å². The van der Waals surface area contributed by atoms with E-state index in [0.717, 1.165) is 0 Å². The van der Waals surface area contributed by atoms with Crippen LogP contribution in [0.25, 0.3) is 0 Å². The van der Waals surface area contributed by atoms with Gasteiger partial charge in [0.05, 0.1) is 12.7 Å². The van der Waals surface area contributed by atoms with Crippen LogP contribution in [-0.2, 0) is 9.53 Å². The number of rotatable bonds is 2. The predicted octanol–water partition coefficient (Wildman–Crippen LogP) is 1.36. The number of esters is 1. The maximum atomic E-state index is 10.7. The number of ether oxygens (including phenoxy) is 1. The molecule has 5 heteroatoms. The fraction of sp³-hybridized carbons (Fsp3) is 0.200. The zero-order valence-electron chi connectivity index (χ0n) is 7.94. The van der Waals surface area contributed by atoms with Crippen molar-refractivity contribution in [3.63, 3.8) is 0 Å². The van der Waals surface area contributed by atoms with Crippen LogP contribution in [0.4, 0.5) is 0 Å². The van der Waals surface area contributed by atoms with E-state index in [1.54, 1.807) is 5.38 Å². The molecule has 0 saturated heterocycles. The van der Waals surface area contributed by atoms with Crippen molar-refractivity contribution in [1.29, 1.82) is 0 Å². The topological polar surface area (TPSA) is 63.6 Å². The maximum absolute atomic E-state index is 10.7. The lowest BCUT2D eigenvalue weighted by molar-refractivity contribution is -0.139. The van der Waals surface area contributed by atoms with E-state index in [9.17, 15) is 9.59 Å². The largest absolute Gasteiger partial charge is 0.478 e. The van der Waals surface area contributed by atoms with Crippen LogP contribution >= 0.6 is 11.3 Å². The second-order valence-electron chi connectivity index (χ2n) is 2.56. The Balaban J connectivity index is 2.76. The van der Waals surface area contributed by atoms with Gasteiger partial charge in [0.25, 0.3) is 0 Å². The number of thiophene rings is 1. The highest BCUT2D eigenvalue weighted by Gasteiger charge is 2.08. The van der Waals surface area contributed by atoms with Crippen molar-refractivity contribution in [3.05, 3.63) is 21.9 Å². The van der Waals surface area contributed by atoms with Crippen LogP contribution in [0.1, 0.15) is 22.3 Å². The Bertz CT molecular complexity index is 436. The molecule has 0 saturated carbocycles. The van der Waals surface area contributed by atoms with E-state index < -0.39 is 11.9 Å². The highest BCUT2D eigenvalue weighted by Crippen LogP contribution is 2.13. The molecule has 0 aliphatic rings. The molecule has 0 unspecified atom stereocenters. The Morgan fingerprint density at radius 1 is 1.53 bits per heavy atom. The first-order valence-corrected chi connectivity index (χ1v) is 4.94. The number of methoxy groups -OCH3 is 1. The minimum atomic E-state index is -1.02. The van der Waals surface area contributed by atoms with Crippen LogP contribution in [0, 0.1) is 11.8 Å². The minimum absolute atomic E-state index is 0.0363. The first kappa shape index (κ1) is 11.3. The first-order chi connectivity index (χ1) is 7.15. The Kier molecular flexibility index (Phi) is 3.89. The smallest absolute Gasteiger partial charge is 0.337 e. The Labute approximate surface area is 90.5 Å². The van der Waals surface area contributed by atoms with Gasteiger partial charge in [0, 0.05) is 16.3 Å². The van der Waals surface area contributed by atoms with Crippen LogP contribution in [0.15, 0.2) is 10.8 Å². The third-order valence-electron chi connectivity index (χ3n) is 1.58. The summed E-state index contributed by atoms with van der Waals surface area (Å²) in [5.41, 5.74) is 0.591. The molecule has 0 aromatic carbocycles. The van der Waals surface area contributed by atoms with Gasteiger partial charge in [-0.3, -0.25) is 4.79 Å². The van der Waals surface area contributed by atoms with Crippen LogP contribution in [-0.4, -0.2) is 24.2 Å². The van der Waals surface area contributed by atoms with Gasteiger partial charge in [-0.15, -0.1) is 0 Å². The zero-order valence-corrected chi connectivity index (χ0v) is 8.76. The monoisotopic (exact) mass is 224 g/mol. The molecule has 1 aromatic rings. The SMILES string of the molecule is COC(=O)CC#Cc1cscc1C(=O)O. The molecule has 0 amide bonds. The molecule has 1 N–H and O–H groups in total. The van der Waals surface area contributed by atoms with Crippen molar-refractivity contribution < 1.29 is 19.4 Å². The summed E-state index contributed by atoms with van der Waals surface area (Å²) in [6.45, 7) is 0. The Morgan fingerprint density at radius 2 is 2.27 bits per heavy atom. The Morgan fingerprint density at radius 3 is 2.87 bits per heavy atom. The van der Waals surface area contributed by atoms with Crippen molar-refractivity contribution in [1.82, 2.24) is 0 Å². The van der Waals surface area contributed by atoms with Crippen LogP contribution < -0.4 is 0 Å². The predicted molar refractivity (Wildman–Crippen MR) is 54.8 cm³/mol. The molecular weight excluding hydrogens is 216 g/mol. The van der Waals surface area contributed by atoms with Gasteiger partial charge in [-0.2, -0.15) is 11.3 Å². The summed E-state index contributed by atoms with van der Waals surface area (Å²) >= 11 is 1.26. The van der Waals surface area contributed by atoms with Gasteiger partial charge in [0.2, 0.25) is 0 Å². The van der Waals surface area contributed by atoms with E-state index in [0.29, 0.717) is 5.56 Å². The van der Waals surface area contributed by atoms with Gasteiger partial charge in [-0.05, 0) is 0 Å². The summed E-state index contributed by atoms with van der Waals surface area (Å²) in [4.78, 5) is 21.4. The van der Waals surface area contributed by atoms with E-state index in [1.165, 1.54) is 23.8 Å². The lowest BCUT2D eigenvalue weighted by atomic mass is 10.2. The minimum Gasteiger partial charge on any atom is -0.478 e. The number of hydrogen-bond donors (Lipinski definition) is 1. The van der Waals surface area contributed by atoms with Gasteiger partial charge in [0.15, 0.2) is 0 Å². The summed E-state index contributed by atoms with van der Waals surface area (Å²) in [5, 5.41) is 11.9. The number of carboxylic acid groups (broad SMARTS) is 1. The van der Waals surface area contributed by atoms with E-state index in [2.05, 4.69) is 16.6 Å². The number of aromatic carboxylic acids is 1. The fourth-order valence-corrected chi connectivity index (χ4v) is 1.60. The van der Waals surface area contributed by atoms with Crippen molar-refractivity contribution in [2.24, 2.45) is 0 Å². The van der Waals surface area contributed by atoms with Crippen molar-refractivity contribution in [2.45, 2.75) is 6.42 Å². The maximum Gasteiger partial charge on any atom is 0.337 e. The molecular formula is C10H8O4S. The molecule has 15 heavy (non-hydrogen) atoms. The Hall–Kier alpha value is -1.80. The first-order valence-electron chi connectivity index (χ1n) is 4.00. The molecule has 78 valence electrons. The van der Waals surface area contributed by atoms with Crippen LogP contribution in [0.2, 0.25) is 0 Å². The van der Waals surface area contributed by atoms with E-state index in [4.69, 9.17) is 5.11 Å². The average molecular weight is 224 g/mol. The van der Waals surface area contributed by atoms with Crippen LogP contribution in [0.5, 0.6) is 0 Å². The third kappa shape index (κ3) is 3.11. The highest BCUT2D eigenvalue weighted by atomic mass is 32.1. The molecule has 4 nitrogen and oxygen atoms in total. The summed E-state index contributed by atoms with van der Waals surface area (Å²) in [6, 6.07) is 0. The number of hydrogen-bond acceptors (Lipinski definition) is 4. The molecule has 0 atom stereocenters. The molecule has 0 aliphatic heterocycles. The summed E-state index contributed by atoms with van der Waals surface area (Å²) in [6.07, 6.45) is -0.0363. The average Bonchev–Trinajstić information content (AvgIpc) is 2.65. The highest BCUT2D eigenvalue weighted by molar-refractivity contribution is 7.08. The molecule has 0 spiro atoms. The molecule has 0 radical (unpaired) electrons. The second kappa shape index (κ2) is 5.17. The quantitative estimate of drug-likeness (QED) is 0.608. The van der Waals surface area contributed by atoms with Crippen LogP contribution in [0.3, 0.4) is 0 Å². The van der Waals surface area contributed by atoms with Crippen molar-refractivity contribution in [3.8, 4) is 11.8 Å². The standard InChI is InChI=1S/C10H8O4S/c1-14-9(11)4-2-3-7-5-15-6-8(7)10(12)13/h5-6H,4H2,1H3,(H,12,13).